The molecule has 1 N–H and O–H groups in total. The fraction of sp³-hybridized carbons (Fsp3) is 0.625. The summed E-state index contributed by atoms with van der Waals surface area (Å²) in [4.78, 5) is 0. The molecule has 0 spiro atoms. The van der Waals surface area contributed by atoms with E-state index in [1.807, 2.05) is 18.2 Å². The average Bonchev–Trinajstić information content (AvgIpc) is 2.40. The predicted molar refractivity (Wildman–Crippen MR) is 81.1 cm³/mol. The van der Waals surface area contributed by atoms with Crippen molar-refractivity contribution in [3.8, 4) is 5.75 Å². The number of aryl methyl sites for hydroxylation is 1. The Bertz CT molecular complexity index is 448. The van der Waals surface area contributed by atoms with E-state index in [1.165, 1.54) is 0 Å². The van der Waals surface area contributed by atoms with Gasteiger partial charge in [-0.3, -0.25) is 0 Å². The lowest BCUT2D eigenvalue weighted by atomic mass is 9.61. The number of halogens is 1. The van der Waals surface area contributed by atoms with Gasteiger partial charge >= 0.3 is 0 Å². The largest absolute Gasteiger partial charge is 0.489 e. The van der Waals surface area contributed by atoms with E-state index in [1.54, 1.807) is 0 Å². The fourth-order valence-electron chi connectivity index (χ4n) is 2.89. The second-order valence-electron chi connectivity index (χ2n) is 5.72. The Morgan fingerprint density at radius 2 is 2.16 bits per heavy atom. The van der Waals surface area contributed by atoms with Gasteiger partial charge in [-0.1, -0.05) is 38.4 Å². The second kappa shape index (κ2) is 5.72. The van der Waals surface area contributed by atoms with Crippen molar-refractivity contribution >= 4 is 11.6 Å². The van der Waals surface area contributed by atoms with Crippen molar-refractivity contribution in [2.24, 2.45) is 5.41 Å². The zero-order valence-corrected chi connectivity index (χ0v) is 13.1. The number of ether oxygens (including phenoxy) is 1. The van der Waals surface area contributed by atoms with E-state index < -0.39 is 0 Å². The molecule has 3 atom stereocenters. The minimum Gasteiger partial charge on any atom is -0.489 e. The second-order valence-corrected chi connectivity index (χ2v) is 6.16. The predicted octanol–water partition coefficient (Wildman–Crippen LogP) is 4.19. The number of rotatable bonds is 5. The van der Waals surface area contributed by atoms with E-state index in [2.05, 4.69) is 33.0 Å². The van der Waals surface area contributed by atoms with Gasteiger partial charge in [-0.05, 0) is 37.6 Å². The van der Waals surface area contributed by atoms with Gasteiger partial charge in [-0.2, -0.15) is 0 Å². The molecule has 0 aliphatic heterocycles. The van der Waals surface area contributed by atoms with Crippen LogP contribution < -0.4 is 10.1 Å². The Balaban J connectivity index is 2.10. The molecule has 0 heterocycles. The summed E-state index contributed by atoms with van der Waals surface area (Å²) >= 11 is 6.05. The zero-order valence-electron chi connectivity index (χ0n) is 12.3. The van der Waals surface area contributed by atoms with Crippen LogP contribution in [0.15, 0.2) is 18.2 Å². The van der Waals surface area contributed by atoms with Crippen LogP contribution in [-0.2, 0) is 0 Å². The molecule has 1 fully saturated rings. The van der Waals surface area contributed by atoms with Crippen LogP contribution in [-0.4, -0.2) is 18.7 Å². The van der Waals surface area contributed by atoms with Gasteiger partial charge in [-0.15, -0.1) is 0 Å². The molecule has 3 unspecified atom stereocenters. The Kier molecular flexibility index (Phi) is 4.42. The van der Waals surface area contributed by atoms with Crippen molar-refractivity contribution in [3.05, 3.63) is 28.8 Å². The number of hydrogen-bond acceptors (Lipinski definition) is 2. The molecule has 1 saturated carbocycles. The first-order chi connectivity index (χ1) is 9.01. The van der Waals surface area contributed by atoms with Crippen LogP contribution in [0.3, 0.4) is 0 Å². The van der Waals surface area contributed by atoms with E-state index in [0.717, 1.165) is 35.7 Å². The van der Waals surface area contributed by atoms with Crippen molar-refractivity contribution in [3.63, 3.8) is 0 Å². The van der Waals surface area contributed by atoms with E-state index >= 15 is 0 Å². The molecule has 2 nitrogen and oxygen atoms in total. The molecule has 0 amide bonds. The first-order valence-corrected chi connectivity index (χ1v) is 7.55. The molecule has 0 aromatic heterocycles. The van der Waals surface area contributed by atoms with Crippen LogP contribution in [0.4, 0.5) is 0 Å². The van der Waals surface area contributed by atoms with Gasteiger partial charge in [0.15, 0.2) is 0 Å². The molecule has 0 radical (unpaired) electrons. The molecule has 19 heavy (non-hydrogen) atoms. The summed E-state index contributed by atoms with van der Waals surface area (Å²) in [5, 5.41) is 4.30. The molecule has 1 aliphatic carbocycles. The van der Waals surface area contributed by atoms with Crippen LogP contribution in [0.1, 0.15) is 39.2 Å². The summed E-state index contributed by atoms with van der Waals surface area (Å²) in [6.07, 6.45) is 2.47. The molecular formula is C16H24ClNO. The molecule has 2 rings (SSSR count). The van der Waals surface area contributed by atoms with Gasteiger partial charge in [0, 0.05) is 22.9 Å². The van der Waals surface area contributed by atoms with Crippen molar-refractivity contribution in [2.75, 3.05) is 6.54 Å². The lowest BCUT2D eigenvalue weighted by Crippen LogP contribution is -2.63. The molecule has 1 aromatic rings. The normalized spacial score (nSPS) is 29.9. The number of benzene rings is 1. The highest BCUT2D eigenvalue weighted by Crippen LogP contribution is 2.46. The fourth-order valence-corrected chi connectivity index (χ4v) is 3.05. The standard InChI is InChI=1S/C16H24ClNO/c1-5-16(4)14(18-6-2)10-15(16)19-13-9-12(17)8-7-11(13)3/h7-9,14-15,18H,5-6,10H2,1-4H3. The molecule has 1 aliphatic rings. The third-order valence-electron chi connectivity index (χ3n) is 4.61. The quantitative estimate of drug-likeness (QED) is 0.874. The monoisotopic (exact) mass is 281 g/mol. The zero-order chi connectivity index (χ0) is 14.0. The minimum absolute atomic E-state index is 0.213. The lowest BCUT2D eigenvalue weighted by molar-refractivity contribution is -0.0699. The average molecular weight is 282 g/mol. The molecule has 0 bridgehead atoms. The van der Waals surface area contributed by atoms with Gasteiger partial charge in [0.1, 0.15) is 11.9 Å². The lowest BCUT2D eigenvalue weighted by Gasteiger charge is -2.53. The van der Waals surface area contributed by atoms with Gasteiger partial charge in [0.05, 0.1) is 0 Å². The third kappa shape index (κ3) is 2.75. The van der Waals surface area contributed by atoms with Crippen LogP contribution in [0.2, 0.25) is 5.02 Å². The van der Waals surface area contributed by atoms with Gasteiger partial charge < -0.3 is 10.1 Å². The van der Waals surface area contributed by atoms with Crippen molar-refractivity contribution in [2.45, 2.75) is 52.7 Å². The minimum atomic E-state index is 0.213. The molecule has 0 saturated heterocycles. The number of hydrogen-bond donors (Lipinski definition) is 1. The van der Waals surface area contributed by atoms with E-state index in [-0.39, 0.29) is 11.5 Å². The van der Waals surface area contributed by atoms with Crippen LogP contribution in [0, 0.1) is 12.3 Å². The first-order valence-electron chi connectivity index (χ1n) is 7.17. The van der Waals surface area contributed by atoms with E-state index in [9.17, 15) is 0 Å². The molecular weight excluding hydrogens is 258 g/mol. The smallest absolute Gasteiger partial charge is 0.124 e. The maximum absolute atomic E-state index is 6.22. The third-order valence-corrected chi connectivity index (χ3v) is 4.85. The summed E-state index contributed by atoms with van der Waals surface area (Å²) in [5.41, 5.74) is 1.36. The topological polar surface area (TPSA) is 21.3 Å². The van der Waals surface area contributed by atoms with Crippen LogP contribution in [0.5, 0.6) is 5.75 Å². The van der Waals surface area contributed by atoms with Gasteiger partial charge in [-0.25, -0.2) is 0 Å². The molecule has 106 valence electrons. The SMILES string of the molecule is CCNC1CC(Oc2cc(Cl)ccc2C)C1(C)CC. The Morgan fingerprint density at radius 3 is 2.79 bits per heavy atom. The molecule has 3 heteroatoms. The highest BCUT2D eigenvalue weighted by atomic mass is 35.5. The highest BCUT2D eigenvalue weighted by Gasteiger charge is 2.51. The summed E-state index contributed by atoms with van der Waals surface area (Å²) in [6.45, 7) is 9.79. The van der Waals surface area contributed by atoms with Crippen molar-refractivity contribution in [1.82, 2.24) is 5.32 Å². The summed E-state index contributed by atoms with van der Waals surface area (Å²) in [6, 6.07) is 6.41. The van der Waals surface area contributed by atoms with Crippen LogP contribution >= 0.6 is 11.6 Å². The van der Waals surface area contributed by atoms with E-state index in [0.29, 0.717) is 6.04 Å². The summed E-state index contributed by atoms with van der Waals surface area (Å²) in [7, 11) is 0. The van der Waals surface area contributed by atoms with Crippen molar-refractivity contribution < 1.29 is 4.74 Å². The number of nitrogens with one attached hydrogen (secondary N) is 1. The highest BCUT2D eigenvalue weighted by molar-refractivity contribution is 6.30. The van der Waals surface area contributed by atoms with Crippen molar-refractivity contribution in [1.29, 1.82) is 0 Å². The Hall–Kier alpha value is -0.730. The van der Waals surface area contributed by atoms with E-state index in [4.69, 9.17) is 16.3 Å². The maximum atomic E-state index is 6.22. The summed E-state index contributed by atoms with van der Waals surface area (Å²) in [5.74, 6) is 0.923. The van der Waals surface area contributed by atoms with Gasteiger partial charge in [0.2, 0.25) is 0 Å². The van der Waals surface area contributed by atoms with Gasteiger partial charge in [0.25, 0.3) is 0 Å². The first kappa shape index (κ1) is 14.7. The maximum Gasteiger partial charge on any atom is 0.124 e. The summed E-state index contributed by atoms with van der Waals surface area (Å²) < 4.78 is 6.22. The Labute approximate surface area is 121 Å². The van der Waals surface area contributed by atoms with Crippen LogP contribution in [0.25, 0.3) is 0 Å². The molecule has 1 aromatic carbocycles. The Morgan fingerprint density at radius 1 is 1.42 bits per heavy atom.